The third-order valence-corrected chi connectivity index (χ3v) is 3.53. The molecule has 106 valence electrons. The minimum absolute atomic E-state index is 0.0473. The van der Waals surface area contributed by atoms with E-state index in [-0.39, 0.29) is 11.9 Å². The molecule has 0 amide bonds. The van der Waals surface area contributed by atoms with Crippen LogP contribution in [-0.2, 0) is 6.42 Å². The van der Waals surface area contributed by atoms with Crippen LogP contribution in [0.15, 0.2) is 30.3 Å². The first-order valence-corrected chi connectivity index (χ1v) is 6.94. The zero-order chi connectivity index (χ0) is 14.7. The predicted octanol–water partition coefficient (Wildman–Crippen LogP) is 3.99. The summed E-state index contributed by atoms with van der Waals surface area (Å²) in [5.74, 6) is -0.264. The average molecular weight is 293 g/mol. The fourth-order valence-corrected chi connectivity index (χ4v) is 2.52. The molecule has 0 aliphatic rings. The van der Waals surface area contributed by atoms with E-state index in [1.54, 1.807) is 12.1 Å². The summed E-state index contributed by atoms with van der Waals surface area (Å²) in [6.45, 7) is 3.93. The molecule has 1 aromatic heterocycles. The lowest BCUT2D eigenvalue weighted by molar-refractivity contribution is 0.553. The molecule has 0 radical (unpaired) electrons. The number of nitrogens with one attached hydrogen (secondary N) is 1. The molecular weight excluding hydrogens is 275 g/mol. The van der Waals surface area contributed by atoms with E-state index in [0.29, 0.717) is 17.0 Å². The number of nitrogens with zero attached hydrogens (tertiary/aromatic N) is 1. The standard InChI is InChI=1S/C16H18ClFN2/c1-10-6-13(7-11(2)20-10)16(19-3)8-12-4-5-14(17)9-15(12)18/h4-7,9,16,19H,8H2,1-3H3. The molecule has 0 spiro atoms. The SMILES string of the molecule is CNC(Cc1ccc(Cl)cc1F)c1cc(C)nc(C)c1. The Bertz CT molecular complexity index is 593. The summed E-state index contributed by atoms with van der Waals surface area (Å²) in [6, 6.07) is 8.92. The molecule has 0 aliphatic heterocycles. The van der Waals surface area contributed by atoms with E-state index < -0.39 is 0 Å². The highest BCUT2D eigenvalue weighted by Gasteiger charge is 2.14. The summed E-state index contributed by atoms with van der Waals surface area (Å²) < 4.78 is 13.9. The van der Waals surface area contributed by atoms with Crippen LogP contribution in [0, 0.1) is 19.7 Å². The van der Waals surface area contributed by atoms with Crippen LogP contribution >= 0.6 is 11.6 Å². The Morgan fingerprint density at radius 2 is 1.85 bits per heavy atom. The van der Waals surface area contributed by atoms with E-state index in [9.17, 15) is 4.39 Å². The lowest BCUT2D eigenvalue weighted by atomic mass is 9.98. The Morgan fingerprint density at radius 3 is 2.40 bits per heavy atom. The lowest BCUT2D eigenvalue weighted by Crippen LogP contribution is -2.20. The Morgan fingerprint density at radius 1 is 1.20 bits per heavy atom. The van der Waals surface area contributed by atoms with Gasteiger partial charge in [0.15, 0.2) is 0 Å². The third kappa shape index (κ3) is 3.56. The van der Waals surface area contributed by atoms with Crippen molar-refractivity contribution in [3.63, 3.8) is 0 Å². The summed E-state index contributed by atoms with van der Waals surface area (Å²) in [4.78, 5) is 4.37. The fourth-order valence-electron chi connectivity index (χ4n) is 2.36. The highest BCUT2D eigenvalue weighted by molar-refractivity contribution is 6.30. The van der Waals surface area contributed by atoms with Gasteiger partial charge < -0.3 is 5.32 Å². The van der Waals surface area contributed by atoms with Gasteiger partial charge in [0.2, 0.25) is 0 Å². The highest BCUT2D eigenvalue weighted by atomic mass is 35.5. The number of pyridine rings is 1. The minimum Gasteiger partial charge on any atom is -0.313 e. The zero-order valence-electron chi connectivity index (χ0n) is 11.9. The lowest BCUT2D eigenvalue weighted by Gasteiger charge is -2.18. The van der Waals surface area contributed by atoms with Gasteiger partial charge in [-0.1, -0.05) is 17.7 Å². The van der Waals surface area contributed by atoms with E-state index in [2.05, 4.69) is 10.3 Å². The van der Waals surface area contributed by atoms with Crippen molar-refractivity contribution in [2.45, 2.75) is 26.3 Å². The number of likely N-dealkylation sites (N-methyl/N-ethyl adjacent to an activating group) is 1. The molecule has 0 aliphatic carbocycles. The second-order valence-electron chi connectivity index (χ2n) is 4.96. The van der Waals surface area contributed by atoms with Gasteiger partial charge >= 0.3 is 0 Å². The molecular formula is C16H18ClFN2. The number of halogens is 2. The van der Waals surface area contributed by atoms with Gasteiger partial charge in [-0.25, -0.2) is 4.39 Å². The molecule has 2 rings (SSSR count). The van der Waals surface area contributed by atoms with Crippen LogP contribution in [0.3, 0.4) is 0 Å². The number of hydrogen-bond acceptors (Lipinski definition) is 2. The smallest absolute Gasteiger partial charge is 0.127 e. The molecule has 1 heterocycles. The monoisotopic (exact) mass is 292 g/mol. The van der Waals surface area contributed by atoms with Crippen molar-refractivity contribution in [3.8, 4) is 0 Å². The van der Waals surface area contributed by atoms with E-state index in [4.69, 9.17) is 11.6 Å². The molecule has 0 saturated heterocycles. The van der Waals surface area contributed by atoms with Gasteiger partial charge in [0.05, 0.1) is 0 Å². The van der Waals surface area contributed by atoms with Crippen molar-refractivity contribution in [2.24, 2.45) is 0 Å². The van der Waals surface area contributed by atoms with Crippen LogP contribution in [0.2, 0.25) is 5.02 Å². The van der Waals surface area contributed by atoms with Crippen molar-refractivity contribution in [2.75, 3.05) is 7.05 Å². The molecule has 1 aromatic carbocycles. The highest BCUT2D eigenvalue weighted by Crippen LogP contribution is 2.23. The third-order valence-electron chi connectivity index (χ3n) is 3.29. The van der Waals surface area contributed by atoms with Crippen molar-refractivity contribution in [1.29, 1.82) is 0 Å². The number of aryl methyl sites for hydroxylation is 2. The Kier molecular flexibility index (Phi) is 4.73. The minimum atomic E-state index is -0.264. The van der Waals surface area contributed by atoms with Crippen LogP contribution < -0.4 is 5.32 Å². The van der Waals surface area contributed by atoms with E-state index >= 15 is 0 Å². The van der Waals surface area contributed by atoms with E-state index in [1.807, 2.05) is 33.0 Å². The van der Waals surface area contributed by atoms with Gasteiger partial charge in [-0.05, 0) is 62.7 Å². The topological polar surface area (TPSA) is 24.9 Å². The molecule has 2 nitrogen and oxygen atoms in total. The van der Waals surface area contributed by atoms with Gasteiger partial charge in [0, 0.05) is 22.5 Å². The zero-order valence-corrected chi connectivity index (χ0v) is 12.6. The first-order chi connectivity index (χ1) is 9.49. The molecule has 2 aromatic rings. The van der Waals surface area contributed by atoms with Gasteiger partial charge in [-0.3, -0.25) is 4.98 Å². The first kappa shape index (κ1) is 14.9. The average Bonchev–Trinajstić information content (AvgIpc) is 2.36. The normalized spacial score (nSPS) is 12.4. The fraction of sp³-hybridized carbons (Fsp3) is 0.312. The van der Waals surface area contributed by atoms with Gasteiger partial charge in [-0.2, -0.15) is 0 Å². The van der Waals surface area contributed by atoms with Crippen molar-refractivity contribution in [3.05, 3.63) is 63.7 Å². The number of hydrogen-bond donors (Lipinski definition) is 1. The van der Waals surface area contributed by atoms with Crippen LogP contribution in [0.5, 0.6) is 0 Å². The van der Waals surface area contributed by atoms with Gasteiger partial charge in [-0.15, -0.1) is 0 Å². The maximum absolute atomic E-state index is 13.9. The summed E-state index contributed by atoms with van der Waals surface area (Å²) in [5.41, 5.74) is 3.71. The molecule has 20 heavy (non-hydrogen) atoms. The number of rotatable bonds is 4. The maximum Gasteiger partial charge on any atom is 0.127 e. The van der Waals surface area contributed by atoms with E-state index in [1.165, 1.54) is 6.07 Å². The summed E-state index contributed by atoms with van der Waals surface area (Å²) >= 11 is 5.78. The van der Waals surface area contributed by atoms with Crippen LogP contribution in [-0.4, -0.2) is 12.0 Å². The van der Waals surface area contributed by atoms with Crippen LogP contribution in [0.1, 0.15) is 28.6 Å². The summed E-state index contributed by atoms with van der Waals surface area (Å²) in [7, 11) is 1.88. The molecule has 1 N–H and O–H groups in total. The second kappa shape index (κ2) is 6.33. The van der Waals surface area contributed by atoms with Crippen LogP contribution in [0.25, 0.3) is 0 Å². The van der Waals surface area contributed by atoms with Crippen molar-refractivity contribution >= 4 is 11.6 Å². The Labute approximate surface area is 124 Å². The Hall–Kier alpha value is -1.45. The molecule has 0 bridgehead atoms. The summed E-state index contributed by atoms with van der Waals surface area (Å²) in [6.07, 6.45) is 0.572. The predicted molar refractivity (Wildman–Crippen MR) is 80.6 cm³/mol. The summed E-state index contributed by atoms with van der Waals surface area (Å²) in [5, 5.41) is 3.65. The van der Waals surface area contributed by atoms with Gasteiger partial charge in [0.1, 0.15) is 5.82 Å². The second-order valence-corrected chi connectivity index (χ2v) is 5.40. The maximum atomic E-state index is 13.9. The molecule has 0 saturated carbocycles. The quantitative estimate of drug-likeness (QED) is 0.921. The number of benzene rings is 1. The molecule has 1 atom stereocenters. The first-order valence-electron chi connectivity index (χ1n) is 6.56. The number of aromatic nitrogens is 1. The molecule has 1 unspecified atom stereocenters. The Balaban J connectivity index is 2.28. The van der Waals surface area contributed by atoms with Crippen molar-refractivity contribution in [1.82, 2.24) is 10.3 Å². The largest absolute Gasteiger partial charge is 0.313 e. The molecule has 4 heteroatoms. The van der Waals surface area contributed by atoms with Crippen molar-refractivity contribution < 1.29 is 4.39 Å². The van der Waals surface area contributed by atoms with Gasteiger partial charge in [0.25, 0.3) is 0 Å². The molecule has 0 fully saturated rings. The van der Waals surface area contributed by atoms with Crippen LogP contribution in [0.4, 0.5) is 4.39 Å². The van der Waals surface area contributed by atoms with E-state index in [0.717, 1.165) is 17.0 Å².